The average Bonchev–Trinajstić information content (AvgIpc) is 2.19. The lowest BCUT2D eigenvalue weighted by molar-refractivity contribution is -0.126. The highest BCUT2D eigenvalue weighted by Gasteiger charge is 2.20. The zero-order chi connectivity index (χ0) is 10.4. The zero-order valence-electron chi connectivity index (χ0n) is 7.94. The van der Waals surface area contributed by atoms with E-state index < -0.39 is 0 Å². The molecule has 0 saturated carbocycles. The maximum absolute atomic E-state index is 11.0. The fourth-order valence-corrected chi connectivity index (χ4v) is 1.65. The largest absolute Gasteiger partial charge is 0.345 e. The third-order valence-electron chi connectivity index (χ3n) is 2.49. The van der Waals surface area contributed by atoms with Gasteiger partial charge in [0.25, 0.3) is 0 Å². The van der Waals surface area contributed by atoms with Gasteiger partial charge >= 0.3 is 0 Å². The van der Waals surface area contributed by atoms with Crippen LogP contribution in [0, 0.1) is 5.92 Å². The molecule has 0 atom stereocenters. The molecule has 78 valence electrons. The van der Waals surface area contributed by atoms with Crippen molar-refractivity contribution in [3.05, 3.63) is 0 Å². The molecule has 0 spiro atoms. The first kappa shape index (κ1) is 10.7. The van der Waals surface area contributed by atoms with Gasteiger partial charge in [-0.05, 0) is 18.8 Å². The highest BCUT2D eigenvalue weighted by atomic mass is 16.2. The van der Waals surface area contributed by atoms with Crippen molar-refractivity contribution in [2.45, 2.75) is 19.3 Å². The van der Waals surface area contributed by atoms with Crippen LogP contribution >= 0.6 is 0 Å². The second-order valence-corrected chi connectivity index (χ2v) is 3.47. The molecular weight excluding hydrogens is 184 g/mol. The number of piperidine rings is 1. The Labute approximate surface area is 82.4 Å². The van der Waals surface area contributed by atoms with Crippen LogP contribution in [0.3, 0.4) is 0 Å². The van der Waals surface area contributed by atoms with Crippen molar-refractivity contribution in [1.29, 1.82) is 0 Å². The Bertz CT molecular complexity index is 222. The summed E-state index contributed by atoms with van der Waals surface area (Å²) in [6.45, 7) is 1.42. The first-order valence-corrected chi connectivity index (χ1v) is 4.68. The smallest absolute Gasteiger partial charge is 0.226 e. The van der Waals surface area contributed by atoms with Crippen LogP contribution in [0.4, 0.5) is 0 Å². The maximum Gasteiger partial charge on any atom is 0.226 e. The van der Waals surface area contributed by atoms with E-state index in [1.165, 1.54) is 0 Å². The number of imide groups is 1. The molecule has 1 N–H and O–H groups in total. The summed E-state index contributed by atoms with van der Waals surface area (Å²) in [5.41, 5.74) is 0. The Morgan fingerprint density at radius 2 is 2.00 bits per heavy atom. The summed E-state index contributed by atoms with van der Waals surface area (Å²) >= 11 is 0. The van der Waals surface area contributed by atoms with Gasteiger partial charge < -0.3 is 4.90 Å². The maximum atomic E-state index is 11.0. The molecular formula is C9H14N2O3. The SMILES string of the molecule is O=CNC(=O)CC1CCN(C=O)CC1. The van der Waals surface area contributed by atoms with E-state index in [1.54, 1.807) is 4.90 Å². The van der Waals surface area contributed by atoms with Gasteiger partial charge in [-0.25, -0.2) is 0 Å². The summed E-state index contributed by atoms with van der Waals surface area (Å²) in [6.07, 6.45) is 3.30. The summed E-state index contributed by atoms with van der Waals surface area (Å²) in [6, 6.07) is 0. The van der Waals surface area contributed by atoms with Gasteiger partial charge in [0, 0.05) is 19.5 Å². The molecule has 0 unspecified atom stereocenters. The lowest BCUT2D eigenvalue weighted by atomic mass is 9.93. The van der Waals surface area contributed by atoms with Gasteiger partial charge in [-0.1, -0.05) is 0 Å². The van der Waals surface area contributed by atoms with Crippen LogP contribution in [0.5, 0.6) is 0 Å². The van der Waals surface area contributed by atoms with Crippen molar-refractivity contribution in [2.24, 2.45) is 5.92 Å². The molecule has 5 heteroatoms. The standard InChI is InChI=1S/C9H14N2O3/c12-6-10-9(14)5-8-1-3-11(7-13)4-2-8/h6-8H,1-5H2,(H,10,12,14). The van der Waals surface area contributed by atoms with Crippen molar-refractivity contribution in [2.75, 3.05) is 13.1 Å². The number of nitrogens with one attached hydrogen (secondary N) is 1. The van der Waals surface area contributed by atoms with E-state index in [-0.39, 0.29) is 5.91 Å². The summed E-state index contributed by atoms with van der Waals surface area (Å²) in [5.74, 6) is 0.0655. The van der Waals surface area contributed by atoms with Crippen LogP contribution < -0.4 is 5.32 Å². The predicted molar refractivity (Wildman–Crippen MR) is 49.2 cm³/mol. The van der Waals surface area contributed by atoms with E-state index >= 15 is 0 Å². The molecule has 0 radical (unpaired) electrons. The molecule has 1 fully saturated rings. The number of carbonyl (C=O) groups is 3. The minimum atomic E-state index is -0.232. The van der Waals surface area contributed by atoms with E-state index in [9.17, 15) is 14.4 Å². The van der Waals surface area contributed by atoms with Gasteiger partial charge in [0.1, 0.15) is 0 Å². The fraction of sp³-hybridized carbons (Fsp3) is 0.667. The van der Waals surface area contributed by atoms with Crippen molar-refractivity contribution in [1.82, 2.24) is 10.2 Å². The summed E-state index contributed by atoms with van der Waals surface area (Å²) < 4.78 is 0. The van der Waals surface area contributed by atoms with E-state index in [2.05, 4.69) is 5.32 Å². The molecule has 1 rings (SSSR count). The van der Waals surface area contributed by atoms with E-state index in [0.29, 0.717) is 31.8 Å². The third kappa shape index (κ3) is 3.16. The number of likely N-dealkylation sites (tertiary alicyclic amines) is 1. The summed E-state index contributed by atoms with van der Waals surface area (Å²) in [4.78, 5) is 33.1. The molecule has 5 nitrogen and oxygen atoms in total. The Hall–Kier alpha value is -1.39. The van der Waals surface area contributed by atoms with Crippen molar-refractivity contribution in [3.63, 3.8) is 0 Å². The molecule has 3 amide bonds. The van der Waals surface area contributed by atoms with Crippen LogP contribution in [0.2, 0.25) is 0 Å². The Kier molecular flexibility index (Phi) is 4.10. The minimum Gasteiger partial charge on any atom is -0.345 e. The van der Waals surface area contributed by atoms with Crippen LogP contribution in [0.25, 0.3) is 0 Å². The molecule has 0 aromatic heterocycles. The molecule has 0 aliphatic carbocycles. The zero-order valence-corrected chi connectivity index (χ0v) is 7.94. The molecule has 1 saturated heterocycles. The van der Waals surface area contributed by atoms with Gasteiger partial charge in [0.05, 0.1) is 0 Å². The number of nitrogens with zero attached hydrogens (tertiary/aromatic N) is 1. The molecule has 1 heterocycles. The second kappa shape index (κ2) is 5.36. The lowest BCUT2D eigenvalue weighted by Gasteiger charge is -2.28. The van der Waals surface area contributed by atoms with Crippen molar-refractivity contribution in [3.8, 4) is 0 Å². The quantitative estimate of drug-likeness (QED) is 0.620. The fourth-order valence-electron chi connectivity index (χ4n) is 1.65. The minimum absolute atomic E-state index is 0.232. The first-order chi connectivity index (χ1) is 6.76. The van der Waals surface area contributed by atoms with Crippen LogP contribution in [-0.4, -0.2) is 36.7 Å². The van der Waals surface area contributed by atoms with Crippen molar-refractivity contribution < 1.29 is 14.4 Å². The summed E-state index contributed by atoms with van der Waals surface area (Å²) in [5, 5.41) is 2.12. The molecule has 1 aliphatic rings. The van der Waals surface area contributed by atoms with Gasteiger partial charge in [-0.3, -0.25) is 19.7 Å². The molecule has 14 heavy (non-hydrogen) atoms. The Morgan fingerprint density at radius 1 is 1.36 bits per heavy atom. The van der Waals surface area contributed by atoms with E-state index in [1.807, 2.05) is 0 Å². The molecule has 0 bridgehead atoms. The molecule has 0 aromatic carbocycles. The number of rotatable bonds is 4. The van der Waals surface area contributed by atoms with Crippen LogP contribution in [0.15, 0.2) is 0 Å². The number of hydrogen-bond acceptors (Lipinski definition) is 3. The number of hydrogen-bond donors (Lipinski definition) is 1. The molecule has 1 aliphatic heterocycles. The van der Waals surface area contributed by atoms with Gasteiger partial charge in [-0.2, -0.15) is 0 Å². The highest BCUT2D eigenvalue weighted by Crippen LogP contribution is 2.19. The Morgan fingerprint density at radius 3 is 2.50 bits per heavy atom. The molecule has 0 aromatic rings. The monoisotopic (exact) mass is 198 g/mol. The normalized spacial score (nSPS) is 17.6. The Balaban J connectivity index is 2.24. The van der Waals surface area contributed by atoms with Crippen LogP contribution in [0.1, 0.15) is 19.3 Å². The average molecular weight is 198 g/mol. The summed E-state index contributed by atoms with van der Waals surface area (Å²) in [7, 11) is 0. The van der Waals surface area contributed by atoms with Gasteiger partial charge in [0.15, 0.2) is 0 Å². The first-order valence-electron chi connectivity index (χ1n) is 4.68. The third-order valence-corrected chi connectivity index (χ3v) is 2.49. The number of carbonyl (C=O) groups excluding carboxylic acids is 3. The van der Waals surface area contributed by atoms with Gasteiger partial charge in [-0.15, -0.1) is 0 Å². The van der Waals surface area contributed by atoms with Crippen molar-refractivity contribution >= 4 is 18.7 Å². The lowest BCUT2D eigenvalue weighted by Crippen LogP contribution is -2.34. The number of amides is 3. The van der Waals surface area contributed by atoms with E-state index in [0.717, 1.165) is 19.3 Å². The van der Waals surface area contributed by atoms with E-state index in [4.69, 9.17) is 0 Å². The highest BCUT2D eigenvalue weighted by molar-refractivity contribution is 5.85. The van der Waals surface area contributed by atoms with Gasteiger partial charge in [0.2, 0.25) is 18.7 Å². The van der Waals surface area contributed by atoms with Crippen LogP contribution in [-0.2, 0) is 14.4 Å². The second-order valence-electron chi connectivity index (χ2n) is 3.47. The predicted octanol–water partition coefficient (Wildman–Crippen LogP) is -0.483. The topological polar surface area (TPSA) is 66.5 Å².